The van der Waals surface area contributed by atoms with Crippen molar-refractivity contribution in [3.05, 3.63) is 0 Å². The van der Waals surface area contributed by atoms with Gasteiger partial charge in [0.15, 0.2) is 6.29 Å². The van der Waals surface area contributed by atoms with Crippen LogP contribution in [0.1, 0.15) is 27.7 Å². The van der Waals surface area contributed by atoms with Gasteiger partial charge in [0.2, 0.25) is 0 Å². The maximum Gasteiger partial charge on any atom is 0.151 e. The molecule has 1 atom stereocenters. The summed E-state index contributed by atoms with van der Waals surface area (Å²) in [7, 11) is 0. The first kappa shape index (κ1) is 12.6. The molecule has 0 spiro atoms. The minimum Gasteiger partial charge on any atom is -0.388 e. The lowest BCUT2D eigenvalue weighted by atomic mass is 10.0. The molecule has 0 radical (unpaired) electrons. The highest BCUT2D eigenvalue weighted by molar-refractivity contribution is 5.60. The Morgan fingerprint density at radius 1 is 1.38 bits per heavy atom. The van der Waals surface area contributed by atoms with Crippen molar-refractivity contribution in [2.75, 3.05) is 6.61 Å². The summed E-state index contributed by atoms with van der Waals surface area (Å²) in [6.45, 7) is 6.09. The number of carbonyl (C=O) groups excluding carboxylic acids is 1. The van der Waals surface area contributed by atoms with Crippen molar-refractivity contribution in [1.82, 2.24) is 0 Å². The van der Waals surface area contributed by atoms with E-state index in [1.807, 2.05) is 0 Å². The average molecular weight is 190 g/mol. The normalized spacial score (nSPS) is 15.5. The summed E-state index contributed by atoms with van der Waals surface area (Å²) < 4.78 is 5.09. The van der Waals surface area contributed by atoms with Gasteiger partial charge < -0.3 is 19.7 Å². The number of rotatable bonds is 5. The molecule has 0 saturated carbocycles. The van der Waals surface area contributed by atoms with Gasteiger partial charge in [0.1, 0.15) is 11.7 Å². The molecule has 0 aromatic rings. The Morgan fingerprint density at radius 2 is 1.85 bits per heavy atom. The number of aldehydes is 1. The smallest absolute Gasteiger partial charge is 0.151 e. The van der Waals surface area contributed by atoms with E-state index in [0.29, 0.717) is 6.29 Å². The van der Waals surface area contributed by atoms with Gasteiger partial charge in [-0.3, -0.25) is 0 Å². The summed E-state index contributed by atoms with van der Waals surface area (Å²) in [5, 5.41) is 18.7. The first-order valence-corrected chi connectivity index (χ1v) is 4.20. The van der Waals surface area contributed by atoms with Gasteiger partial charge in [0, 0.05) is 0 Å². The lowest BCUT2D eigenvalue weighted by molar-refractivity contribution is -0.141. The third kappa shape index (κ3) is 4.98. The van der Waals surface area contributed by atoms with Crippen LogP contribution in [0.15, 0.2) is 0 Å². The molecule has 0 aliphatic heterocycles. The minimum atomic E-state index is -1.21. The summed E-state index contributed by atoms with van der Waals surface area (Å²) in [6.07, 6.45) is -0.337. The highest BCUT2D eigenvalue weighted by Gasteiger charge is 2.27. The van der Waals surface area contributed by atoms with Crippen LogP contribution in [0.2, 0.25) is 0 Å². The minimum absolute atomic E-state index is 0.0603. The van der Waals surface area contributed by atoms with Gasteiger partial charge in [0.05, 0.1) is 12.2 Å². The highest BCUT2D eigenvalue weighted by Crippen LogP contribution is 2.12. The molecule has 78 valence electrons. The van der Waals surface area contributed by atoms with Crippen LogP contribution in [-0.2, 0) is 9.53 Å². The molecular weight excluding hydrogens is 172 g/mol. The summed E-state index contributed by atoms with van der Waals surface area (Å²) in [5.74, 6) is 0. The van der Waals surface area contributed by atoms with Crippen LogP contribution < -0.4 is 0 Å². The Balaban J connectivity index is 3.97. The summed E-state index contributed by atoms with van der Waals surface area (Å²) in [6, 6.07) is 0. The molecule has 0 saturated heterocycles. The number of hydrogen-bond acceptors (Lipinski definition) is 4. The molecule has 4 heteroatoms. The van der Waals surface area contributed by atoms with Gasteiger partial charge in [-0.15, -0.1) is 0 Å². The molecule has 2 N–H and O–H groups in total. The molecule has 0 aromatic heterocycles. The van der Waals surface area contributed by atoms with E-state index in [9.17, 15) is 15.0 Å². The average Bonchev–Trinajstić information content (AvgIpc) is 1.98. The topological polar surface area (TPSA) is 66.8 Å². The van der Waals surface area contributed by atoms with Crippen LogP contribution in [0.4, 0.5) is 0 Å². The molecule has 4 nitrogen and oxygen atoms in total. The number of carbonyl (C=O) groups is 1. The lowest BCUT2D eigenvalue weighted by Crippen LogP contribution is -2.42. The van der Waals surface area contributed by atoms with Crippen molar-refractivity contribution in [3.8, 4) is 0 Å². The SMILES string of the molecule is CC(C)(C=O)OCC(O)C(C)(C)O. The van der Waals surface area contributed by atoms with Crippen molar-refractivity contribution in [3.63, 3.8) is 0 Å². The van der Waals surface area contributed by atoms with Gasteiger partial charge in [-0.05, 0) is 27.7 Å². The van der Waals surface area contributed by atoms with Crippen molar-refractivity contribution in [1.29, 1.82) is 0 Å². The zero-order valence-electron chi connectivity index (χ0n) is 8.57. The second-order valence-corrected chi connectivity index (χ2v) is 4.20. The van der Waals surface area contributed by atoms with Gasteiger partial charge in [-0.25, -0.2) is 0 Å². The van der Waals surface area contributed by atoms with E-state index >= 15 is 0 Å². The quantitative estimate of drug-likeness (QED) is 0.604. The molecule has 0 amide bonds. The fourth-order valence-electron chi connectivity index (χ4n) is 0.532. The van der Waals surface area contributed by atoms with Crippen molar-refractivity contribution in [2.45, 2.75) is 45.0 Å². The number of ether oxygens (including phenoxy) is 1. The number of aliphatic hydroxyl groups excluding tert-OH is 1. The Hall–Kier alpha value is -0.450. The maximum absolute atomic E-state index is 10.4. The molecule has 0 bridgehead atoms. The molecule has 13 heavy (non-hydrogen) atoms. The fraction of sp³-hybridized carbons (Fsp3) is 0.889. The zero-order valence-corrected chi connectivity index (χ0v) is 8.57. The second kappa shape index (κ2) is 4.17. The van der Waals surface area contributed by atoms with E-state index in [0.717, 1.165) is 0 Å². The molecule has 1 unspecified atom stereocenters. The van der Waals surface area contributed by atoms with E-state index in [1.54, 1.807) is 13.8 Å². The molecule has 0 fully saturated rings. The van der Waals surface area contributed by atoms with Gasteiger partial charge in [0.25, 0.3) is 0 Å². The fourth-order valence-corrected chi connectivity index (χ4v) is 0.532. The van der Waals surface area contributed by atoms with Crippen LogP contribution in [0.5, 0.6) is 0 Å². The molecular formula is C9H18O4. The van der Waals surface area contributed by atoms with E-state index < -0.39 is 17.3 Å². The van der Waals surface area contributed by atoms with E-state index in [4.69, 9.17) is 4.74 Å². The van der Waals surface area contributed by atoms with Crippen molar-refractivity contribution in [2.24, 2.45) is 0 Å². The van der Waals surface area contributed by atoms with Gasteiger partial charge in [-0.2, -0.15) is 0 Å². The molecule has 0 aliphatic carbocycles. The Bertz CT molecular complexity index is 169. The number of aliphatic hydroxyl groups is 2. The molecule has 0 rings (SSSR count). The van der Waals surface area contributed by atoms with Crippen LogP contribution >= 0.6 is 0 Å². The largest absolute Gasteiger partial charge is 0.388 e. The van der Waals surface area contributed by atoms with E-state index in [1.165, 1.54) is 13.8 Å². The van der Waals surface area contributed by atoms with E-state index in [2.05, 4.69) is 0 Å². The zero-order chi connectivity index (χ0) is 10.7. The first-order valence-electron chi connectivity index (χ1n) is 4.20. The third-order valence-electron chi connectivity index (χ3n) is 1.71. The monoisotopic (exact) mass is 190 g/mol. The van der Waals surface area contributed by atoms with Crippen molar-refractivity contribution >= 4 is 6.29 Å². The van der Waals surface area contributed by atoms with E-state index in [-0.39, 0.29) is 6.61 Å². The van der Waals surface area contributed by atoms with Crippen LogP contribution in [0.3, 0.4) is 0 Å². The number of hydrogen-bond donors (Lipinski definition) is 2. The summed E-state index contributed by atoms with van der Waals surface area (Å²) in [4.78, 5) is 10.4. The third-order valence-corrected chi connectivity index (χ3v) is 1.71. The van der Waals surface area contributed by atoms with Crippen LogP contribution in [-0.4, -0.2) is 40.4 Å². The van der Waals surface area contributed by atoms with Crippen LogP contribution in [0.25, 0.3) is 0 Å². The summed E-state index contributed by atoms with van der Waals surface area (Å²) >= 11 is 0. The summed E-state index contributed by atoms with van der Waals surface area (Å²) in [5.41, 5.74) is -2.12. The molecule has 0 aliphatic rings. The highest BCUT2D eigenvalue weighted by atomic mass is 16.5. The maximum atomic E-state index is 10.4. The standard InChI is InChI=1S/C9H18O4/c1-8(2,6-10)13-5-7(11)9(3,4)12/h6-7,11-12H,5H2,1-4H3. The Labute approximate surface area is 78.5 Å². The van der Waals surface area contributed by atoms with Gasteiger partial charge in [-0.1, -0.05) is 0 Å². The Morgan fingerprint density at radius 3 is 2.15 bits per heavy atom. The van der Waals surface area contributed by atoms with Gasteiger partial charge >= 0.3 is 0 Å². The molecule has 0 aromatic carbocycles. The predicted octanol–water partition coefficient (Wildman–Crippen LogP) is 0.112. The second-order valence-electron chi connectivity index (χ2n) is 4.20. The predicted molar refractivity (Wildman–Crippen MR) is 48.4 cm³/mol. The first-order chi connectivity index (χ1) is 5.69. The Kier molecular flexibility index (Phi) is 4.03. The van der Waals surface area contributed by atoms with Crippen LogP contribution in [0, 0.1) is 0 Å². The van der Waals surface area contributed by atoms with Crippen molar-refractivity contribution < 1.29 is 19.7 Å². The lowest BCUT2D eigenvalue weighted by Gasteiger charge is -2.27. The molecule has 0 heterocycles.